The molecule has 0 spiro atoms. The number of morpholine rings is 1. The lowest BCUT2D eigenvalue weighted by Crippen LogP contribution is -2.39. The third-order valence-electron chi connectivity index (χ3n) is 4.88. The first kappa shape index (κ1) is 19.0. The van der Waals surface area contributed by atoms with Crippen LogP contribution < -0.4 is 16.0 Å². The van der Waals surface area contributed by atoms with Crippen LogP contribution in [0.1, 0.15) is 31.2 Å². The van der Waals surface area contributed by atoms with Crippen LogP contribution in [0.3, 0.4) is 0 Å². The van der Waals surface area contributed by atoms with Crippen LogP contribution in [0, 0.1) is 5.92 Å². The molecule has 0 aromatic heterocycles. The first-order valence-corrected chi connectivity index (χ1v) is 8.68. The van der Waals surface area contributed by atoms with Crippen molar-refractivity contribution in [3.8, 4) is 0 Å². The van der Waals surface area contributed by atoms with Crippen molar-refractivity contribution in [3.05, 3.63) is 29.8 Å². The standard InChI is InChI=1S/C18H27N3O2.ClH/c19-16-6-3-5-14(12-16)18(22)20-13-15-4-1-2-7-17(15)21-8-10-23-11-9-21;/h1-2,4,7,14,16H,3,5-6,8-13,19H2,(H,20,22);1H. The highest BCUT2D eigenvalue weighted by atomic mass is 35.5. The molecule has 5 nitrogen and oxygen atoms in total. The van der Waals surface area contributed by atoms with Gasteiger partial charge in [0, 0.05) is 37.3 Å². The van der Waals surface area contributed by atoms with Crippen molar-refractivity contribution in [1.82, 2.24) is 5.32 Å². The predicted octanol–water partition coefficient (Wildman–Crippen LogP) is 2.08. The Balaban J connectivity index is 0.00000208. The molecule has 6 heteroatoms. The van der Waals surface area contributed by atoms with Gasteiger partial charge in [-0.1, -0.05) is 24.6 Å². The van der Waals surface area contributed by atoms with Gasteiger partial charge >= 0.3 is 0 Å². The molecule has 134 valence electrons. The lowest BCUT2D eigenvalue weighted by atomic mass is 9.85. The number of hydrogen-bond donors (Lipinski definition) is 2. The van der Waals surface area contributed by atoms with E-state index in [2.05, 4.69) is 28.4 Å². The van der Waals surface area contributed by atoms with Crippen molar-refractivity contribution >= 4 is 24.0 Å². The number of anilines is 1. The fourth-order valence-corrected chi connectivity index (χ4v) is 3.57. The molecule has 2 atom stereocenters. The van der Waals surface area contributed by atoms with E-state index in [1.165, 1.54) is 11.3 Å². The van der Waals surface area contributed by atoms with Crippen molar-refractivity contribution in [3.63, 3.8) is 0 Å². The molecule has 24 heavy (non-hydrogen) atoms. The highest BCUT2D eigenvalue weighted by molar-refractivity contribution is 5.85. The second-order valence-corrected chi connectivity index (χ2v) is 6.57. The third kappa shape index (κ3) is 4.85. The molecule has 2 fully saturated rings. The number of carbonyl (C=O) groups is 1. The minimum absolute atomic E-state index is 0. The monoisotopic (exact) mass is 353 g/mol. The van der Waals surface area contributed by atoms with E-state index in [1.54, 1.807) is 0 Å². The fourth-order valence-electron chi connectivity index (χ4n) is 3.57. The van der Waals surface area contributed by atoms with Gasteiger partial charge in [0.05, 0.1) is 13.2 Å². The van der Waals surface area contributed by atoms with Gasteiger partial charge in [-0.05, 0) is 30.9 Å². The number of carbonyl (C=O) groups excluding carboxylic acids is 1. The molecule has 3 rings (SSSR count). The summed E-state index contributed by atoms with van der Waals surface area (Å²) in [7, 11) is 0. The Labute approximate surface area is 150 Å². The van der Waals surface area contributed by atoms with Gasteiger partial charge in [0.2, 0.25) is 5.91 Å². The second-order valence-electron chi connectivity index (χ2n) is 6.57. The number of halogens is 1. The molecule has 3 N–H and O–H groups in total. The van der Waals surface area contributed by atoms with Crippen molar-refractivity contribution in [2.24, 2.45) is 11.7 Å². The average Bonchev–Trinajstić information content (AvgIpc) is 2.60. The molecule has 2 aliphatic rings. The summed E-state index contributed by atoms with van der Waals surface area (Å²) in [5.41, 5.74) is 8.37. The quantitative estimate of drug-likeness (QED) is 0.869. The number of nitrogens with zero attached hydrogens (tertiary/aromatic N) is 1. The van der Waals surface area contributed by atoms with Gasteiger partial charge in [0.25, 0.3) is 0 Å². The molecule has 1 amide bonds. The molecule has 0 bridgehead atoms. The number of rotatable bonds is 4. The van der Waals surface area contributed by atoms with Crippen LogP contribution in [0.25, 0.3) is 0 Å². The summed E-state index contributed by atoms with van der Waals surface area (Å²) >= 11 is 0. The summed E-state index contributed by atoms with van der Waals surface area (Å²) in [4.78, 5) is 14.7. The van der Waals surface area contributed by atoms with Crippen LogP contribution in [0.15, 0.2) is 24.3 Å². The summed E-state index contributed by atoms with van der Waals surface area (Å²) in [5, 5.41) is 3.12. The first-order valence-electron chi connectivity index (χ1n) is 8.68. The second kappa shape index (κ2) is 9.25. The van der Waals surface area contributed by atoms with Gasteiger partial charge < -0.3 is 20.7 Å². The van der Waals surface area contributed by atoms with Gasteiger partial charge in [-0.15, -0.1) is 12.4 Å². The summed E-state index contributed by atoms with van der Waals surface area (Å²) in [5.74, 6) is 0.228. The van der Waals surface area contributed by atoms with E-state index in [9.17, 15) is 4.79 Å². The number of nitrogens with one attached hydrogen (secondary N) is 1. The van der Waals surface area contributed by atoms with Crippen molar-refractivity contribution < 1.29 is 9.53 Å². The number of para-hydroxylation sites is 1. The van der Waals surface area contributed by atoms with E-state index in [-0.39, 0.29) is 30.3 Å². The molecular formula is C18H28ClN3O2. The number of amides is 1. The molecule has 1 aromatic carbocycles. The lowest BCUT2D eigenvalue weighted by Gasteiger charge is -2.31. The van der Waals surface area contributed by atoms with Crippen LogP contribution >= 0.6 is 12.4 Å². The van der Waals surface area contributed by atoms with Crippen molar-refractivity contribution in [1.29, 1.82) is 0 Å². The lowest BCUT2D eigenvalue weighted by molar-refractivity contribution is -0.126. The minimum atomic E-state index is 0. The maximum absolute atomic E-state index is 12.4. The van der Waals surface area contributed by atoms with E-state index in [0.717, 1.165) is 52.0 Å². The number of hydrogen-bond acceptors (Lipinski definition) is 4. The van der Waals surface area contributed by atoms with E-state index >= 15 is 0 Å². The van der Waals surface area contributed by atoms with Gasteiger partial charge in [-0.25, -0.2) is 0 Å². The molecule has 1 saturated heterocycles. The van der Waals surface area contributed by atoms with Crippen LogP contribution in [-0.2, 0) is 16.1 Å². The minimum Gasteiger partial charge on any atom is -0.378 e. The highest BCUT2D eigenvalue weighted by Gasteiger charge is 2.25. The summed E-state index contributed by atoms with van der Waals surface area (Å²) < 4.78 is 5.43. The maximum atomic E-state index is 12.4. The number of nitrogens with two attached hydrogens (primary N) is 1. The summed E-state index contributed by atoms with van der Waals surface area (Å²) in [6.07, 6.45) is 3.88. The fraction of sp³-hybridized carbons (Fsp3) is 0.611. The summed E-state index contributed by atoms with van der Waals surface area (Å²) in [6.45, 7) is 3.92. The number of benzene rings is 1. The van der Waals surface area contributed by atoms with E-state index in [1.807, 2.05) is 6.07 Å². The zero-order valence-electron chi connectivity index (χ0n) is 14.1. The van der Waals surface area contributed by atoms with Gasteiger partial charge in [0.1, 0.15) is 0 Å². The predicted molar refractivity (Wildman–Crippen MR) is 98.5 cm³/mol. The van der Waals surface area contributed by atoms with Crippen molar-refractivity contribution in [2.45, 2.75) is 38.3 Å². The molecule has 1 aromatic rings. The average molecular weight is 354 g/mol. The Morgan fingerprint density at radius 3 is 2.75 bits per heavy atom. The SMILES string of the molecule is Cl.NC1CCCC(C(=O)NCc2ccccc2N2CCOCC2)C1. The Morgan fingerprint density at radius 1 is 1.25 bits per heavy atom. The number of ether oxygens (including phenoxy) is 1. The molecule has 0 radical (unpaired) electrons. The van der Waals surface area contributed by atoms with E-state index in [0.29, 0.717) is 6.54 Å². The Bertz CT molecular complexity index is 535. The van der Waals surface area contributed by atoms with Gasteiger partial charge in [-0.3, -0.25) is 4.79 Å². The van der Waals surface area contributed by atoms with Crippen LogP contribution in [0.4, 0.5) is 5.69 Å². The Kier molecular flexibility index (Phi) is 7.34. The zero-order valence-corrected chi connectivity index (χ0v) is 14.9. The molecular weight excluding hydrogens is 326 g/mol. The summed E-state index contributed by atoms with van der Waals surface area (Å²) in [6, 6.07) is 8.49. The maximum Gasteiger partial charge on any atom is 0.223 e. The molecule has 2 unspecified atom stereocenters. The van der Waals surface area contributed by atoms with Crippen molar-refractivity contribution in [2.75, 3.05) is 31.2 Å². The van der Waals surface area contributed by atoms with Crippen LogP contribution in [-0.4, -0.2) is 38.3 Å². The Morgan fingerprint density at radius 2 is 2.00 bits per heavy atom. The molecule has 1 saturated carbocycles. The zero-order chi connectivity index (χ0) is 16.1. The normalized spacial score (nSPS) is 24.1. The van der Waals surface area contributed by atoms with E-state index in [4.69, 9.17) is 10.5 Å². The van der Waals surface area contributed by atoms with Gasteiger partial charge in [-0.2, -0.15) is 0 Å². The highest BCUT2D eigenvalue weighted by Crippen LogP contribution is 2.24. The topological polar surface area (TPSA) is 67.6 Å². The van der Waals surface area contributed by atoms with E-state index < -0.39 is 0 Å². The molecule has 1 heterocycles. The van der Waals surface area contributed by atoms with Crippen LogP contribution in [0.5, 0.6) is 0 Å². The van der Waals surface area contributed by atoms with Gasteiger partial charge in [0.15, 0.2) is 0 Å². The van der Waals surface area contributed by atoms with Crippen LogP contribution in [0.2, 0.25) is 0 Å². The molecule has 1 aliphatic carbocycles. The smallest absolute Gasteiger partial charge is 0.223 e. The largest absolute Gasteiger partial charge is 0.378 e. The Hall–Kier alpha value is -1.30. The molecule has 1 aliphatic heterocycles. The first-order chi connectivity index (χ1) is 11.2. The third-order valence-corrected chi connectivity index (χ3v) is 4.88.